The van der Waals surface area contributed by atoms with Gasteiger partial charge in [0, 0.05) is 11.8 Å². The SMILES string of the molecule is CCc1c(C(=O)Nc2ccc(F)c(F)c2)nnn1-c1ccccc1. The minimum absolute atomic E-state index is 0.145. The second kappa shape index (κ2) is 6.57. The Labute approximate surface area is 136 Å². The Hall–Kier alpha value is -3.09. The first-order chi connectivity index (χ1) is 11.6. The summed E-state index contributed by atoms with van der Waals surface area (Å²) in [6.07, 6.45) is 0.530. The number of hydrogen-bond donors (Lipinski definition) is 1. The van der Waals surface area contributed by atoms with E-state index in [1.165, 1.54) is 6.07 Å². The molecule has 7 heteroatoms. The summed E-state index contributed by atoms with van der Waals surface area (Å²) >= 11 is 0. The van der Waals surface area contributed by atoms with E-state index in [0.29, 0.717) is 12.1 Å². The largest absolute Gasteiger partial charge is 0.320 e. The Morgan fingerprint density at radius 3 is 2.54 bits per heavy atom. The number of amides is 1. The van der Waals surface area contributed by atoms with Crippen molar-refractivity contribution >= 4 is 11.6 Å². The van der Waals surface area contributed by atoms with Gasteiger partial charge in [0.15, 0.2) is 17.3 Å². The fraction of sp³-hybridized carbons (Fsp3) is 0.118. The number of aromatic nitrogens is 3. The molecule has 0 bridgehead atoms. The molecule has 0 aliphatic rings. The lowest BCUT2D eigenvalue weighted by Gasteiger charge is -2.07. The van der Waals surface area contributed by atoms with E-state index >= 15 is 0 Å². The van der Waals surface area contributed by atoms with Gasteiger partial charge in [-0.25, -0.2) is 13.5 Å². The number of carbonyl (C=O) groups excluding carboxylic acids is 1. The van der Waals surface area contributed by atoms with Gasteiger partial charge in [-0.3, -0.25) is 4.79 Å². The molecule has 0 aliphatic heterocycles. The average Bonchev–Trinajstić information content (AvgIpc) is 3.03. The van der Waals surface area contributed by atoms with Crippen LogP contribution >= 0.6 is 0 Å². The highest BCUT2D eigenvalue weighted by Crippen LogP contribution is 2.17. The summed E-state index contributed by atoms with van der Waals surface area (Å²) in [5.74, 6) is -2.53. The lowest BCUT2D eigenvalue weighted by molar-refractivity contribution is 0.102. The van der Waals surface area contributed by atoms with Gasteiger partial charge in [0.25, 0.3) is 5.91 Å². The van der Waals surface area contributed by atoms with E-state index < -0.39 is 17.5 Å². The Bertz CT molecular complexity index is 878. The third-order valence-corrected chi connectivity index (χ3v) is 3.49. The van der Waals surface area contributed by atoms with Gasteiger partial charge in [0.2, 0.25) is 0 Å². The van der Waals surface area contributed by atoms with Crippen molar-refractivity contribution in [3.8, 4) is 5.69 Å². The summed E-state index contributed by atoms with van der Waals surface area (Å²) in [7, 11) is 0. The topological polar surface area (TPSA) is 59.8 Å². The minimum atomic E-state index is -1.03. The Kier molecular flexibility index (Phi) is 4.33. The van der Waals surface area contributed by atoms with Crippen molar-refractivity contribution < 1.29 is 13.6 Å². The number of rotatable bonds is 4. The molecule has 24 heavy (non-hydrogen) atoms. The van der Waals surface area contributed by atoms with E-state index in [2.05, 4.69) is 15.6 Å². The molecule has 0 saturated heterocycles. The van der Waals surface area contributed by atoms with Crippen LogP contribution in [0.1, 0.15) is 23.1 Å². The van der Waals surface area contributed by atoms with E-state index in [4.69, 9.17) is 0 Å². The van der Waals surface area contributed by atoms with Crippen LogP contribution in [0.3, 0.4) is 0 Å². The molecule has 0 atom stereocenters. The molecular formula is C17H14F2N4O. The molecule has 0 radical (unpaired) electrons. The van der Waals surface area contributed by atoms with Crippen molar-refractivity contribution in [2.45, 2.75) is 13.3 Å². The molecule has 1 aromatic heterocycles. The third-order valence-electron chi connectivity index (χ3n) is 3.49. The maximum absolute atomic E-state index is 13.2. The second-order valence-corrected chi connectivity index (χ2v) is 5.07. The Morgan fingerprint density at radius 1 is 1.12 bits per heavy atom. The van der Waals surface area contributed by atoms with E-state index in [9.17, 15) is 13.6 Å². The molecule has 3 aromatic rings. The van der Waals surface area contributed by atoms with Gasteiger partial charge in [0.05, 0.1) is 11.4 Å². The first-order valence-electron chi connectivity index (χ1n) is 7.36. The lowest BCUT2D eigenvalue weighted by Crippen LogP contribution is -2.15. The number of anilines is 1. The third kappa shape index (κ3) is 3.01. The highest BCUT2D eigenvalue weighted by atomic mass is 19.2. The summed E-state index contributed by atoms with van der Waals surface area (Å²) in [6, 6.07) is 12.4. The molecule has 0 spiro atoms. The van der Waals surface area contributed by atoms with Crippen molar-refractivity contribution in [3.63, 3.8) is 0 Å². The molecule has 5 nitrogen and oxygen atoms in total. The van der Waals surface area contributed by atoms with Crippen molar-refractivity contribution in [2.75, 3.05) is 5.32 Å². The average molecular weight is 328 g/mol. The summed E-state index contributed by atoms with van der Waals surface area (Å²) in [6.45, 7) is 1.88. The number of nitrogens with zero attached hydrogens (tertiary/aromatic N) is 3. The lowest BCUT2D eigenvalue weighted by atomic mass is 10.2. The number of para-hydroxylation sites is 1. The van der Waals surface area contributed by atoms with Gasteiger partial charge >= 0.3 is 0 Å². The number of nitrogens with one attached hydrogen (secondary N) is 1. The number of carbonyl (C=O) groups is 1. The molecule has 0 fully saturated rings. The van der Waals surface area contributed by atoms with E-state index in [1.807, 2.05) is 37.3 Å². The van der Waals surface area contributed by atoms with Gasteiger partial charge in [-0.1, -0.05) is 30.3 Å². The Morgan fingerprint density at radius 2 is 1.88 bits per heavy atom. The predicted octanol–water partition coefficient (Wildman–Crippen LogP) is 3.36. The normalized spacial score (nSPS) is 10.6. The smallest absolute Gasteiger partial charge is 0.278 e. The zero-order valence-electron chi connectivity index (χ0n) is 12.8. The fourth-order valence-corrected chi connectivity index (χ4v) is 2.34. The van der Waals surface area contributed by atoms with E-state index in [-0.39, 0.29) is 11.4 Å². The van der Waals surface area contributed by atoms with Crippen LogP contribution in [0, 0.1) is 11.6 Å². The van der Waals surface area contributed by atoms with Crippen LogP contribution in [0.25, 0.3) is 5.69 Å². The quantitative estimate of drug-likeness (QED) is 0.799. The monoisotopic (exact) mass is 328 g/mol. The first kappa shape index (κ1) is 15.8. The summed E-state index contributed by atoms with van der Waals surface area (Å²) in [5, 5.41) is 10.5. The summed E-state index contributed by atoms with van der Waals surface area (Å²) < 4.78 is 27.8. The number of hydrogen-bond acceptors (Lipinski definition) is 3. The van der Waals surface area contributed by atoms with Crippen LogP contribution in [0.4, 0.5) is 14.5 Å². The standard InChI is InChI=1S/C17H14F2N4O/c1-2-15-16(21-22-23(15)12-6-4-3-5-7-12)17(24)20-11-8-9-13(18)14(19)10-11/h3-10H,2H2,1H3,(H,20,24). The number of benzene rings is 2. The van der Waals surface area contributed by atoms with Crippen LogP contribution in [0.2, 0.25) is 0 Å². The second-order valence-electron chi connectivity index (χ2n) is 5.07. The molecule has 1 heterocycles. The van der Waals surface area contributed by atoms with Gasteiger partial charge in [-0.05, 0) is 30.7 Å². The van der Waals surface area contributed by atoms with Crippen molar-refractivity contribution in [3.05, 3.63) is 71.6 Å². The zero-order valence-corrected chi connectivity index (χ0v) is 12.8. The number of halogens is 2. The molecule has 1 amide bonds. The van der Waals surface area contributed by atoms with Crippen LogP contribution < -0.4 is 5.32 Å². The molecule has 0 aliphatic carbocycles. The van der Waals surface area contributed by atoms with Gasteiger partial charge < -0.3 is 5.32 Å². The molecule has 2 aromatic carbocycles. The van der Waals surface area contributed by atoms with Gasteiger partial charge in [-0.15, -0.1) is 5.10 Å². The van der Waals surface area contributed by atoms with E-state index in [0.717, 1.165) is 17.8 Å². The van der Waals surface area contributed by atoms with Crippen LogP contribution in [0.15, 0.2) is 48.5 Å². The maximum atomic E-state index is 13.2. The molecule has 0 unspecified atom stereocenters. The van der Waals surface area contributed by atoms with Gasteiger partial charge in [0.1, 0.15) is 0 Å². The Balaban J connectivity index is 1.90. The highest BCUT2D eigenvalue weighted by Gasteiger charge is 2.19. The van der Waals surface area contributed by atoms with Gasteiger partial charge in [-0.2, -0.15) is 0 Å². The van der Waals surface area contributed by atoms with Crippen molar-refractivity contribution in [1.29, 1.82) is 0 Å². The van der Waals surface area contributed by atoms with Crippen molar-refractivity contribution in [2.24, 2.45) is 0 Å². The maximum Gasteiger partial charge on any atom is 0.278 e. The van der Waals surface area contributed by atoms with Crippen molar-refractivity contribution in [1.82, 2.24) is 15.0 Å². The molecule has 0 saturated carbocycles. The van der Waals surface area contributed by atoms with Crippen LogP contribution in [-0.2, 0) is 6.42 Å². The highest BCUT2D eigenvalue weighted by molar-refractivity contribution is 6.03. The molecule has 1 N–H and O–H groups in total. The summed E-state index contributed by atoms with van der Waals surface area (Å²) in [5.41, 5.74) is 1.70. The van der Waals surface area contributed by atoms with E-state index in [1.54, 1.807) is 4.68 Å². The first-order valence-corrected chi connectivity index (χ1v) is 7.36. The molecule has 122 valence electrons. The minimum Gasteiger partial charge on any atom is -0.320 e. The van der Waals surface area contributed by atoms with Crippen LogP contribution in [-0.4, -0.2) is 20.9 Å². The zero-order chi connectivity index (χ0) is 17.1. The molecule has 3 rings (SSSR count). The predicted molar refractivity (Wildman–Crippen MR) is 85.0 cm³/mol. The molecular weight excluding hydrogens is 314 g/mol. The summed E-state index contributed by atoms with van der Waals surface area (Å²) in [4.78, 5) is 12.4. The van der Waals surface area contributed by atoms with Crippen LogP contribution in [0.5, 0.6) is 0 Å². The fourth-order valence-electron chi connectivity index (χ4n) is 2.34.